The molecule has 1 unspecified atom stereocenters. The van der Waals surface area contributed by atoms with E-state index in [1.165, 1.54) is 12.0 Å². The van der Waals surface area contributed by atoms with E-state index in [1.807, 2.05) is 13.8 Å². The Morgan fingerprint density at radius 1 is 1.27 bits per heavy atom. The van der Waals surface area contributed by atoms with Crippen LogP contribution in [0.4, 0.5) is 4.79 Å². The fraction of sp³-hybridized carbons (Fsp3) is 0.800. The first-order chi connectivity index (χ1) is 10.4. The number of hydrogen-bond donors (Lipinski definition) is 2. The third kappa shape index (κ3) is 3.03. The molecule has 7 nitrogen and oxygen atoms in total. The maximum Gasteiger partial charge on any atom is 0.407 e. The van der Waals surface area contributed by atoms with Gasteiger partial charge in [0.2, 0.25) is 5.91 Å². The highest BCUT2D eigenvalue weighted by Crippen LogP contribution is 2.41. The summed E-state index contributed by atoms with van der Waals surface area (Å²) in [5.74, 6) is -1.18. The van der Waals surface area contributed by atoms with Crippen molar-refractivity contribution in [3.05, 3.63) is 0 Å². The highest BCUT2D eigenvalue weighted by atomic mass is 16.5. The number of amides is 2. The molecule has 1 aliphatic heterocycles. The maximum absolute atomic E-state index is 12.9. The second kappa shape index (κ2) is 6.54. The third-order valence-corrected chi connectivity index (χ3v) is 4.77. The van der Waals surface area contributed by atoms with Gasteiger partial charge in [0.05, 0.1) is 7.11 Å². The number of carbonyl (C=O) groups is 3. The zero-order valence-corrected chi connectivity index (χ0v) is 13.2. The number of rotatable bonds is 4. The largest absolute Gasteiger partial charge is 0.480 e. The normalized spacial score (nSPS) is 28.4. The smallest absolute Gasteiger partial charge is 0.407 e. The zero-order chi connectivity index (χ0) is 16.4. The van der Waals surface area contributed by atoms with Crippen LogP contribution in [0, 0.1) is 11.8 Å². The summed E-state index contributed by atoms with van der Waals surface area (Å²) in [4.78, 5) is 37.4. The van der Waals surface area contributed by atoms with Crippen molar-refractivity contribution in [1.82, 2.24) is 10.2 Å². The van der Waals surface area contributed by atoms with Crippen LogP contribution >= 0.6 is 0 Å². The van der Waals surface area contributed by atoms with Crippen LogP contribution < -0.4 is 5.32 Å². The van der Waals surface area contributed by atoms with E-state index in [0.717, 1.165) is 19.3 Å². The number of carboxylic acids is 1. The van der Waals surface area contributed by atoms with Crippen molar-refractivity contribution >= 4 is 18.0 Å². The lowest BCUT2D eigenvalue weighted by Crippen LogP contribution is -2.56. The van der Waals surface area contributed by atoms with Crippen LogP contribution in [0.1, 0.15) is 39.5 Å². The molecule has 0 aromatic carbocycles. The van der Waals surface area contributed by atoms with Gasteiger partial charge in [0.1, 0.15) is 12.1 Å². The fourth-order valence-electron chi connectivity index (χ4n) is 3.69. The Bertz CT molecular complexity index is 465. The molecule has 0 aromatic rings. The SMILES string of the molecule is COC(=O)NC(C(=O)N1[C@H](C(=O)O)C[C@@H]2CCC[C@@H]21)C(C)C. The maximum atomic E-state index is 12.9. The summed E-state index contributed by atoms with van der Waals surface area (Å²) in [7, 11) is 1.24. The minimum absolute atomic E-state index is 0.0192. The van der Waals surface area contributed by atoms with E-state index in [1.54, 1.807) is 0 Å². The molecule has 0 bridgehead atoms. The predicted octanol–water partition coefficient (Wildman–Crippen LogP) is 1.22. The molecule has 0 spiro atoms. The molecule has 0 radical (unpaired) electrons. The molecule has 0 aromatic heterocycles. The number of nitrogens with zero attached hydrogens (tertiary/aromatic N) is 1. The quantitative estimate of drug-likeness (QED) is 0.813. The lowest BCUT2D eigenvalue weighted by Gasteiger charge is -2.33. The number of nitrogens with one attached hydrogen (secondary N) is 1. The highest BCUT2D eigenvalue weighted by molar-refractivity contribution is 5.90. The average molecular weight is 312 g/mol. The van der Waals surface area contributed by atoms with Gasteiger partial charge in [-0.15, -0.1) is 0 Å². The number of likely N-dealkylation sites (tertiary alicyclic amines) is 1. The first kappa shape index (κ1) is 16.6. The lowest BCUT2D eigenvalue weighted by molar-refractivity contribution is -0.151. The van der Waals surface area contributed by atoms with Gasteiger partial charge in [-0.25, -0.2) is 9.59 Å². The number of ether oxygens (including phenoxy) is 1. The van der Waals surface area contributed by atoms with Gasteiger partial charge in [0.15, 0.2) is 0 Å². The van der Waals surface area contributed by atoms with E-state index in [-0.39, 0.29) is 23.8 Å². The molecular formula is C15H24N2O5. The lowest BCUT2D eigenvalue weighted by atomic mass is 10.0. The van der Waals surface area contributed by atoms with Gasteiger partial charge in [-0.1, -0.05) is 20.3 Å². The molecular weight excluding hydrogens is 288 g/mol. The number of alkyl carbamates (subject to hydrolysis) is 1. The van der Waals surface area contributed by atoms with E-state index < -0.39 is 24.1 Å². The molecule has 2 aliphatic rings. The molecule has 2 rings (SSSR count). The molecule has 1 aliphatic carbocycles. The monoisotopic (exact) mass is 312 g/mol. The van der Waals surface area contributed by atoms with Crippen LogP contribution in [0.15, 0.2) is 0 Å². The number of aliphatic carboxylic acids is 1. The standard InChI is InChI=1S/C15H24N2O5/c1-8(2)12(16-15(21)22-3)13(18)17-10-6-4-5-9(10)7-11(17)14(19)20/h8-12H,4-7H2,1-3H3,(H,16,21)(H,19,20)/t9-,10-,11-,12?/m0/s1. The Labute approximate surface area is 130 Å². The Balaban J connectivity index is 2.22. The second-order valence-electron chi connectivity index (χ2n) is 6.45. The van der Waals surface area contributed by atoms with Crippen molar-refractivity contribution in [3.63, 3.8) is 0 Å². The fourth-order valence-corrected chi connectivity index (χ4v) is 3.69. The molecule has 124 valence electrons. The predicted molar refractivity (Wildman–Crippen MR) is 78.2 cm³/mol. The van der Waals surface area contributed by atoms with Crippen LogP contribution in [0.25, 0.3) is 0 Å². The molecule has 22 heavy (non-hydrogen) atoms. The first-order valence-corrected chi connectivity index (χ1v) is 7.76. The van der Waals surface area contributed by atoms with Gasteiger partial charge in [-0.2, -0.15) is 0 Å². The summed E-state index contributed by atoms with van der Waals surface area (Å²) in [6.45, 7) is 3.63. The van der Waals surface area contributed by atoms with Gasteiger partial charge < -0.3 is 20.1 Å². The van der Waals surface area contributed by atoms with Crippen LogP contribution in [0.3, 0.4) is 0 Å². The van der Waals surface area contributed by atoms with E-state index in [9.17, 15) is 19.5 Å². The first-order valence-electron chi connectivity index (χ1n) is 7.76. The molecule has 1 saturated heterocycles. The average Bonchev–Trinajstić information content (AvgIpc) is 3.03. The van der Waals surface area contributed by atoms with Crippen LogP contribution in [-0.2, 0) is 14.3 Å². The Hall–Kier alpha value is -1.79. The van der Waals surface area contributed by atoms with E-state index >= 15 is 0 Å². The van der Waals surface area contributed by atoms with Gasteiger partial charge in [-0.05, 0) is 31.1 Å². The van der Waals surface area contributed by atoms with Crippen molar-refractivity contribution < 1.29 is 24.2 Å². The van der Waals surface area contributed by atoms with Crippen molar-refractivity contribution in [2.24, 2.45) is 11.8 Å². The second-order valence-corrected chi connectivity index (χ2v) is 6.45. The molecule has 1 saturated carbocycles. The number of carboxylic acid groups (broad SMARTS) is 1. The minimum atomic E-state index is -0.969. The summed E-state index contributed by atoms with van der Waals surface area (Å²) >= 11 is 0. The van der Waals surface area contributed by atoms with Crippen LogP contribution in [0.2, 0.25) is 0 Å². The summed E-state index contributed by atoms with van der Waals surface area (Å²) in [6.07, 6.45) is 2.65. The summed E-state index contributed by atoms with van der Waals surface area (Å²) in [5.41, 5.74) is 0. The molecule has 2 fully saturated rings. The van der Waals surface area contributed by atoms with Gasteiger partial charge in [-0.3, -0.25) is 4.79 Å². The van der Waals surface area contributed by atoms with Crippen molar-refractivity contribution in [1.29, 1.82) is 0 Å². The van der Waals surface area contributed by atoms with Crippen molar-refractivity contribution in [3.8, 4) is 0 Å². The Morgan fingerprint density at radius 3 is 2.50 bits per heavy atom. The van der Waals surface area contributed by atoms with Gasteiger partial charge in [0, 0.05) is 6.04 Å². The summed E-state index contributed by atoms with van der Waals surface area (Å²) < 4.78 is 4.57. The van der Waals surface area contributed by atoms with Gasteiger partial charge >= 0.3 is 12.1 Å². The number of carbonyl (C=O) groups excluding carboxylic acids is 2. The Kier molecular flexibility index (Phi) is 4.93. The summed E-state index contributed by atoms with van der Waals surface area (Å²) in [5, 5.41) is 12.0. The number of hydrogen-bond acceptors (Lipinski definition) is 4. The molecule has 2 amide bonds. The summed E-state index contributed by atoms with van der Waals surface area (Å²) in [6, 6.07) is -1.58. The van der Waals surface area contributed by atoms with E-state index in [0.29, 0.717) is 6.42 Å². The van der Waals surface area contributed by atoms with Crippen LogP contribution in [-0.4, -0.2) is 53.2 Å². The molecule has 4 atom stereocenters. The molecule has 2 N–H and O–H groups in total. The van der Waals surface area contributed by atoms with E-state index in [4.69, 9.17) is 0 Å². The van der Waals surface area contributed by atoms with E-state index in [2.05, 4.69) is 10.1 Å². The topological polar surface area (TPSA) is 95.9 Å². The molecule has 1 heterocycles. The third-order valence-electron chi connectivity index (χ3n) is 4.77. The number of methoxy groups -OCH3 is 1. The number of fused-ring (bicyclic) bond motifs is 1. The Morgan fingerprint density at radius 2 is 1.95 bits per heavy atom. The van der Waals surface area contributed by atoms with Crippen molar-refractivity contribution in [2.75, 3.05) is 7.11 Å². The van der Waals surface area contributed by atoms with Crippen molar-refractivity contribution in [2.45, 2.75) is 57.7 Å². The highest BCUT2D eigenvalue weighted by Gasteiger charge is 2.50. The van der Waals surface area contributed by atoms with Crippen LogP contribution in [0.5, 0.6) is 0 Å². The van der Waals surface area contributed by atoms with Gasteiger partial charge in [0.25, 0.3) is 0 Å². The minimum Gasteiger partial charge on any atom is -0.480 e. The zero-order valence-electron chi connectivity index (χ0n) is 13.2. The molecule has 7 heteroatoms.